The van der Waals surface area contributed by atoms with Crippen LogP contribution in [-0.4, -0.2) is 37.2 Å². The van der Waals surface area contributed by atoms with E-state index in [1.165, 1.54) is 51.4 Å². The van der Waals surface area contributed by atoms with Gasteiger partial charge in [0, 0.05) is 19.3 Å². The topological polar surface area (TPSA) is 78.9 Å². The minimum atomic E-state index is -0.803. The average Bonchev–Trinajstić information content (AvgIpc) is 3.41. The highest BCUT2D eigenvalue weighted by Gasteiger charge is 2.19. The molecule has 0 aromatic rings. The van der Waals surface area contributed by atoms with Gasteiger partial charge in [-0.25, -0.2) is 0 Å². The summed E-state index contributed by atoms with van der Waals surface area (Å²) in [5.74, 6) is -0.944. The lowest BCUT2D eigenvalue weighted by molar-refractivity contribution is -0.167. The van der Waals surface area contributed by atoms with Gasteiger partial charge in [0.05, 0.1) is 0 Å². The number of hydrogen-bond donors (Lipinski definition) is 0. The zero-order valence-electron chi connectivity index (χ0n) is 48.3. The first-order chi connectivity index (χ1) is 37.0. The molecule has 75 heavy (non-hydrogen) atoms. The molecule has 6 heteroatoms. The first kappa shape index (κ1) is 70.3. The summed E-state index contributed by atoms with van der Waals surface area (Å²) in [5, 5.41) is 0. The van der Waals surface area contributed by atoms with E-state index in [1.54, 1.807) is 0 Å². The molecule has 6 nitrogen and oxygen atoms in total. The van der Waals surface area contributed by atoms with Crippen molar-refractivity contribution in [1.82, 2.24) is 0 Å². The van der Waals surface area contributed by atoms with E-state index in [2.05, 4.69) is 167 Å². The fourth-order valence-corrected chi connectivity index (χ4v) is 7.86. The minimum Gasteiger partial charge on any atom is -0.462 e. The smallest absolute Gasteiger partial charge is 0.306 e. The Morgan fingerprint density at radius 2 is 0.520 bits per heavy atom. The van der Waals surface area contributed by atoms with E-state index in [9.17, 15) is 14.4 Å². The normalized spacial score (nSPS) is 13.2. The Morgan fingerprint density at radius 3 is 0.813 bits per heavy atom. The van der Waals surface area contributed by atoms with E-state index >= 15 is 0 Å². The molecule has 422 valence electrons. The standard InChI is InChI=1S/C69H110O6/c1-4-7-10-13-16-19-21-23-25-27-29-31-33-34-36-37-39-41-43-45-47-50-53-56-59-62-68(71)74-65-66(64-73-67(70)61-58-55-52-49-18-15-12-9-6-3)75-69(72)63-60-57-54-51-48-46-44-42-40-38-35-32-30-28-26-24-22-20-17-14-11-8-5-2/h7-8,10-11,16-17,19-20,23-26,29-32,34,36,38-41,44,46,66H,4-6,9,12-15,18,21-22,27-28,33,35,37,42-43,45,47-65H2,1-3H3/b10-7-,11-8-,19-16-,20-17-,25-23-,26-24-,31-29-,32-30-,36-34-,40-38-,41-39-,46-44-. The van der Waals surface area contributed by atoms with Crippen LogP contribution >= 0.6 is 0 Å². The van der Waals surface area contributed by atoms with Crippen molar-refractivity contribution in [2.24, 2.45) is 0 Å². The third kappa shape index (κ3) is 60.0. The summed E-state index contributed by atoms with van der Waals surface area (Å²) in [6.45, 7) is 6.35. The summed E-state index contributed by atoms with van der Waals surface area (Å²) < 4.78 is 16.8. The van der Waals surface area contributed by atoms with Crippen molar-refractivity contribution in [2.75, 3.05) is 13.2 Å². The SMILES string of the molecule is CC/C=C\C/C=C\C/C=C\C/C=C\C/C=C\C/C=C\CCCCCCCCC(=O)OCC(COC(=O)CCCCCCCCCCC)OC(=O)CCCCCC/C=C\C/C=C\C/C=C\C/C=C\C/C=C\C/C=C\CC. The summed E-state index contributed by atoms with van der Waals surface area (Å²) in [5.41, 5.74) is 0. The number of unbranched alkanes of at least 4 members (excludes halogenated alkanes) is 18. The van der Waals surface area contributed by atoms with Gasteiger partial charge < -0.3 is 14.2 Å². The number of carbonyl (C=O) groups is 3. The Labute approximate surface area is 461 Å². The zero-order chi connectivity index (χ0) is 54.3. The van der Waals surface area contributed by atoms with Crippen LogP contribution in [0.25, 0.3) is 0 Å². The van der Waals surface area contributed by atoms with Crippen LogP contribution in [0, 0.1) is 0 Å². The van der Waals surface area contributed by atoms with Crippen molar-refractivity contribution in [3.8, 4) is 0 Å². The van der Waals surface area contributed by atoms with Gasteiger partial charge in [0.15, 0.2) is 6.10 Å². The van der Waals surface area contributed by atoms with Crippen LogP contribution in [0.1, 0.15) is 252 Å². The van der Waals surface area contributed by atoms with Gasteiger partial charge in [0.25, 0.3) is 0 Å². The monoisotopic (exact) mass is 1030 g/mol. The number of esters is 3. The van der Waals surface area contributed by atoms with E-state index in [4.69, 9.17) is 14.2 Å². The van der Waals surface area contributed by atoms with Gasteiger partial charge >= 0.3 is 17.9 Å². The van der Waals surface area contributed by atoms with Crippen LogP contribution in [0.3, 0.4) is 0 Å². The average molecular weight is 1040 g/mol. The Balaban J connectivity index is 4.38. The maximum Gasteiger partial charge on any atom is 0.306 e. The molecular weight excluding hydrogens is 925 g/mol. The largest absolute Gasteiger partial charge is 0.462 e. The highest BCUT2D eigenvalue weighted by molar-refractivity contribution is 5.71. The predicted molar refractivity (Wildman–Crippen MR) is 325 cm³/mol. The fourth-order valence-electron chi connectivity index (χ4n) is 7.86. The molecule has 0 aliphatic heterocycles. The van der Waals surface area contributed by atoms with Crippen LogP contribution < -0.4 is 0 Å². The summed E-state index contributed by atoms with van der Waals surface area (Å²) in [6, 6.07) is 0. The van der Waals surface area contributed by atoms with Crippen LogP contribution in [0.5, 0.6) is 0 Å². The summed E-state index contributed by atoms with van der Waals surface area (Å²) >= 11 is 0. The van der Waals surface area contributed by atoms with Crippen LogP contribution in [-0.2, 0) is 28.6 Å². The summed E-state index contributed by atoms with van der Waals surface area (Å²) in [7, 11) is 0. The number of rotatable bonds is 53. The number of allylic oxidation sites excluding steroid dienone is 24. The lowest BCUT2D eigenvalue weighted by atomic mass is 10.1. The van der Waals surface area contributed by atoms with Crippen molar-refractivity contribution in [3.63, 3.8) is 0 Å². The molecule has 0 heterocycles. The van der Waals surface area contributed by atoms with Crippen molar-refractivity contribution >= 4 is 17.9 Å². The third-order valence-corrected chi connectivity index (χ3v) is 12.3. The van der Waals surface area contributed by atoms with Gasteiger partial charge in [-0.2, -0.15) is 0 Å². The van der Waals surface area contributed by atoms with Gasteiger partial charge in [-0.3, -0.25) is 14.4 Å². The van der Waals surface area contributed by atoms with Gasteiger partial charge in [-0.15, -0.1) is 0 Å². The second-order valence-corrected chi connectivity index (χ2v) is 19.5. The molecule has 1 unspecified atom stereocenters. The van der Waals surface area contributed by atoms with Crippen molar-refractivity contribution in [1.29, 1.82) is 0 Å². The Bertz CT molecular complexity index is 1660. The molecule has 1 atom stereocenters. The molecule has 0 aromatic carbocycles. The van der Waals surface area contributed by atoms with E-state index in [0.29, 0.717) is 12.8 Å². The molecule has 0 aliphatic rings. The minimum absolute atomic E-state index is 0.0974. The molecule has 0 aromatic heterocycles. The molecule has 0 N–H and O–H groups in total. The molecule has 0 fully saturated rings. The van der Waals surface area contributed by atoms with Crippen molar-refractivity contribution < 1.29 is 28.6 Å². The number of ether oxygens (including phenoxy) is 3. The highest BCUT2D eigenvalue weighted by Crippen LogP contribution is 2.14. The van der Waals surface area contributed by atoms with E-state index in [1.807, 2.05) is 0 Å². The molecular formula is C69H110O6. The molecule has 0 bridgehead atoms. The van der Waals surface area contributed by atoms with Crippen LogP contribution in [0.4, 0.5) is 0 Å². The molecule has 0 spiro atoms. The fraction of sp³-hybridized carbons (Fsp3) is 0.609. The van der Waals surface area contributed by atoms with Gasteiger partial charge in [-0.1, -0.05) is 256 Å². The van der Waals surface area contributed by atoms with Crippen LogP contribution in [0.15, 0.2) is 146 Å². The molecule has 0 aliphatic carbocycles. The predicted octanol–water partition coefficient (Wildman–Crippen LogP) is 20.8. The Hall–Kier alpha value is -4.71. The lowest BCUT2D eigenvalue weighted by Gasteiger charge is -2.18. The van der Waals surface area contributed by atoms with E-state index in [-0.39, 0.29) is 37.5 Å². The van der Waals surface area contributed by atoms with Crippen molar-refractivity contribution in [2.45, 2.75) is 258 Å². The maximum absolute atomic E-state index is 12.9. The molecule has 0 rings (SSSR count). The molecule has 0 radical (unpaired) electrons. The second kappa shape index (κ2) is 61.8. The first-order valence-corrected chi connectivity index (χ1v) is 30.3. The first-order valence-electron chi connectivity index (χ1n) is 30.3. The Kier molecular flexibility index (Phi) is 58.0. The maximum atomic E-state index is 12.9. The van der Waals surface area contributed by atoms with Gasteiger partial charge in [-0.05, 0) is 122 Å². The van der Waals surface area contributed by atoms with E-state index in [0.717, 1.165) is 161 Å². The molecule has 0 amide bonds. The number of hydrogen-bond acceptors (Lipinski definition) is 6. The molecule has 0 saturated carbocycles. The van der Waals surface area contributed by atoms with Crippen molar-refractivity contribution in [3.05, 3.63) is 146 Å². The summed E-state index contributed by atoms with van der Waals surface area (Å²) in [4.78, 5) is 38.1. The number of carbonyl (C=O) groups excluding carboxylic acids is 3. The second-order valence-electron chi connectivity index (χ2n) is 19.5. The summed E-state index contributed by atoms with van der Waals surface area (Å²) in [6.07, 6.45) is 88.5. The molecule has 0 saturated heterocycles. The van der Waals surface area contributed by atoms with Gasteiger partial charge in [0.1, 0.15) is 13.2 Å². The third-order valence-electron chi connectivity index (χ3n) is 12.3. The Morgan fingerprint density at radius 1 is 0.280 bits per heavy atom. The quantitative estimate of drug-likeness (QED) is 0.0261. The van der Waals surface area contributed by atoms with Gasteiger partial charge in [0.2, 0.25) is 0 Å². The lowest BCUT2D eigenvalue weighted by Crippen LogP contribution is -2.30. The zero-order valence-corrected chi connectivity index (χ0v) is 48.3. The van der Waals surface area contributed by atoms with Crippen LogP contribution in [0.2, 0.25) is 0 Å². The highest BCUT2D eigenvalue weighted by atomic mass is 16.6. The van der Waals surface area contributed by atoms with E-state index < -0.39 is 6.10 Å².